The van der Waals surface area contributed by atoms with Crippen LogP contribution in [0.1, 0.15) is 39.2 Å². The molecule has 6 nitrogen and oxygen atoms in total. The minimum atomic E-state index is -0.479. The molecule has 1 fully saturated rings. The third kappa shape index (κ3) is 5.21. The second-order valence-corrected chi connectivity index (χ2v) is 9.39. The highest BCUT2D eigenvalue weighted by Gasteiger charge is 2.27. The van der Waals surface area contributed by atoms with E-state index in [1.165, 1.54) is 6.07 Å². The molecule has 7 heteroatoms. The normalized spacial score (nSPS) is 15.2. The van der Waals surface area contributed by atoms with E-state index in [0.717, 1.165) is 36.4 Å². The number of fused-ring (bicyclic) bond motifs is 1. The Morgan fingerprint density at radius 1 is 1.12 bits per heavy atom. The summed E-state index contributed by atoms with van der Waals surface area (Å²) in [5.41, 5.74) is 2.00. The molecule has 2 heterocycles. The number of carbonyl (C=O) groups is 1. The third-order valence-corrected chi connectivity index (χ3v) is 5.76. The Labute approximate surface area is 188 Å². The van der Waals surface area contributed by atoms with Crippen LogP contribution >= 0.6 is 0 Å². The van der Waals surface area contributed by atoms with Gasteiger partial charge in [-0.25, -0.2) is 14.2 Å². The number of amides is 1. The van der Waals surface area contributed by atoms with Gasteiger partial charge in [0.05, 0.1) is 17.6 Å². The summed E-state index contributed by atoms with van der Waals surface area (Å²) in [6.07, 6.45) is 1.56. The van der Waals surface area contributed by atoms with Gasteiger partial charge in [0.25, 0.3) is 0 Å². The third-order valence-electron chi connectivity index (χ3n) is 5.76. The topological polar surface area (TPSA) is 59.4 Å². The fourth-order valence-electron chi connectivity index (χ4n) is 4.05. The molecule has 4 rings (SSSR count). The smallest absolute Gasteiger partial charge is 0.410 e. The summed E-state index contributed by atoms with van der Waals surface area (Å²) in [7, 11) is 0. The van der Waals surface area contributed by atoms with E-state index in [9.17, 15) is 9.18 Å². The summed E-state index contributed by atoms with van der Waals surface area (Å²) in [5, 5.41) is 3.49. The van der Waals surface area contributed by atoms with Crippen LogP contribution in [0.25, 0.3) is 11.0 Å². The average Bonchev–Trinajstić information content (AvgIpc) is 3.10. The molecule has 1 amide bonds. The molecular formula is C25H31FN4O2. The van der Waals surface area contributed by atoms with Crippen LogP contribution in [0.2, 0.25) is 0 Å². The number of carbonyl (C=O) groups excluding carboxylic acids is 1. The molecular weight excluding hydrogens is 407 g/mol. The molecule has 170 valence electrons. The number of nitrogens with zero attached hydrogens (tertiary/aromatic N) is 3. The summed E-state index contributed by atoms with van der Waals surface area (Å²) in [4.78, 5) is 18.8. The van der Waals surface area contributed by atoms with E-state index < -0.39 is 5.60 Å². The van der Waals surface area contributed by atoms with Crippen LogP contribution in [0.5, 0.6) is 0 Å². The number of aromatic nitrogens is 2. The highest BCUT2D eigenvalue weighted by atomic mass is 19.1. The summed E-state index contributed by atoms with van der Waals surface area (Å²) < 4.78 is 21.8. The fraction of sp³-hybridized carbons (Fsp3) is 0.440. The molecule has 3 aromatic rings. The van der Waals surface area contributed by atoms with Gasteiger partial charge in [-0.1, -0.05) is 30.3 Å². The Morgan fingerprint density at radius 3 is 2.53 bits per heavy atom. The van der Waals surface area contributed by atoms with Crippen molar-refractivity contribution in [2.24, 2.45) is 5.92 Å². The molecule has 2 aromatic carbocycles. The standard InChI is InChI=1S/C25H31FN4O2/c1-25(2,3)32-24(31)29-14-12-18(13-15-29)16-27-23-28-21-10-6-7-11-22(21)30(23)17-19-8-4-5-9-20(19)26/h4-11,18H,12-17H2,1-3H3,(H,27,28). The second-order valence-electron chi connectivity index (χ2n) is 9.39. The number of likely N-dealkylation sites (tertiary alicyclic amines) is 1. The molecule has 32 heavy (non-hydrogen) atoms. The van der Waals surface area contributed by atoms with Crippen molar-refractivity contribution in [1.82, 2.24) is 14.5 Å². The van der Waals surface area contributed by atoms with E-state index in [1.54, 1.807) is 17.0 Å². The molecule has 0 radical (unpaired) electrons. The van der Waals surface area contributed by atoms with Gasteiger partial charge in [0, 0.05) is 25.2 Å². The Hall–Kier alpha value is -3.09. The highest BCUT2D eigenvalue weighted by Crippen LogP contribution is 2.24. The van der Waals surface area contributed by atoms with Crippen molar-refractivity contribution in [3.05, 3.63) is 59.9 Å². The van der Waals surface area contributed by atoms with E-state index in [-0.39, 0.29) is 11.9 Å². The zero-order chi connectivity index (χ0) is 22.7. The Morgan fingerprint density at radius 2 is 1.81 bits per heavy atom. The number of nitrogens with one attached hydrogen (secondary N) is 1. The molecule has 0 unspecified atom stereocenters. The van der Waals surface area contributed by atoms with Gasteiger partial charge >= 0.3 is 6.09 Å². The zero-order valence-electron chi connectivity index (χ0n) is 19.0. The van der Waals surface area contributed by atoms with Crippen LogP contribution in [0.3, 0.4) is 0 Å². The molecule has 0 aliphatic carbocycles. The number of ether oxygens (including phenoxy) is 1. The van der Waals surface area contributed by atoms with Crippen LogP contribution in [-0.4, -0.2) is 45.8 Å². The first kappa shape index (κ1) is 22.1. The zero-order valence-corrected chi connectivity index (χ0v) is 19.0. The minimum Gasteiger partial charge on any atom is -0.444 e. The van der Waals surface area contributed by atoms with Gasteiger partial charge in [0.2, 0.25) is 5.95 Å². The number of piperidine rings is 1. The van der Waals surface area contributed by atoms with Gasteiger partial charge < -0.3 is 19.5 Å². The Balaban J connectivity index is 1.42. The van der Waals surface area contributed by atoms with E-state index in [2.05, 4.69) is 5.32 Å². The predicted octanol–water partition coefficient (Wildman–Crippen LogP) is 5.28. The molecule has 1 aliphatic rings. The lowest BCUT2D eigenvalue weighted by Crippen LogP contribution is -2.42. The van der Waals surface area contributed by atoms with Crippen molar-refractivity contribution in [1.29, 1.82) is 0 Å². The van der Waals surface area contributed by atoms with Crippen LogP contribution in [0, 0.1) is 11.7 Å². The Bertz CT molecular complexity index is 1080. The van der Waals surface area contributed by atoms with Crippen molar-refractivity contribution < 1.29 is 13.9 Å². The van der Waals surface area contributed by atoms with E-state index >= 15 is 0 Å². The molecule has 1 saturated heterocycles. The maximum atomic E-state index is 14.3. The highest BCUT2D eigenvalue weighted by molar-refractivity contribution is 5.78. The average molecular weight is 439 g/mol. The quantitative estimate of drug-likeness (QED) is 0.589. The van der Waals surface area contributed by atoms with Crippen LogP contribution in [0.4, 0.5) is 15.1 Å². The molecule has 1 aliphatic heterocycles. The molecule has 1 N–H and O–H groups in total. The maximum Gasteiger partial charge on any atom is 0.410 e. The molecule has 0 bridgehead atoms. The number of halogens is 1. The van der Waals surface area contributed by atoms with Crippen molar-refractivity contribution in [2.45, 2.75) is 45.8 Å². The molecule has 0 atom stereocenters. The summed E-state index contributed by atoms with van der Waals surface area (Å²) >= 11 is 0. The monoisotopic (exact) mass is 438 g/mol. The van der Waals surface area contributed by atoms with Crippen molar-refractivity contribution in [2.75, 3.05) is 25.0 Å². The lowest BCUT2D eigenvalue weighted by atomic mass is 9.97. The van der Waals surface area contributed by atoms with Gasteiger partial charge in [0.15, 0.2) is 0 Å². The van der Waals surface area contributed by atoms with Crippen molar-refractivity contribution in [3.8, 4) is 0 Å². The van der Waals surface area contributed by atoms with E-state index in [0.29, 0.717) is 31.1 Å². The molecule has 0 saturated carbocycles. The number of imidazole rings is 1. The number of hydrogen-bond donors (Lipinski definition) is 1. The van der Waals surface area contributed by atoms with Crippen LogP contribution in [0.15, 0.2) is 48.5 Å². The predicted molar refractivity (Wildman–Crippen MR) is 124 cm³/mol. The van der Waals surface area contributed by atoms with E-state index in [4.69, 9.17) is 9.72 Å². The van der Waals surface area contributed by atoms with Gasteiger partial charge in [-0.2, -0.15) is 0 Å². The van der Waals surface area contributed by atoms with Crippen LogP contribution in [-0.2, 0) is 11.3 Å². The number of rotatable bonds is 5. The molecule has 1 aromatic heterocycles. The van der Waals surface area contributed by atoms with Gasteiger partial charge in [-0.15, -0.1) is 0 Å². The van der Waals surface area contributed by atoms with Crippen LogP contribution < -0.4 is 5.32 Å². The first-order chi connectivity index (χ1) is 15.3. The minimum absolute atomic E-state index is 0.217. The molecule has 0 spiro atoms. The largest absolute Gasteiger partial charge is 0.444 e. The number of benzene rings is 2. The summed E-state index contributed by atoms with van der Waals surface area (Å²) in [6, 6.07) is 14.7. The number of anilines is 1. The first-order valence-electron chi connectivity index (χ1n) is 11.2. The van der Waals surface area contributed by atoms with Gasteiger partial charge in [-0.05, 0) is 57.7 Å². The van der Waals surface area contributed by atoms with E-state index in [1.807, 2.05) is 55.7 Å². The fourth-order valence-corrected chi connectivity index (χ4v) is 4.05. The number of para-hydroxylation sites is 2. The lowest BCUT2D eigenvalue weighted by Gasteiger charge is -2.33. The SMILES string of the molecule is CC(C)(C)OC(=O)N1CCC(CNc2nc3ccccc3n2Cc2ccccc2F)CC1. The first-order valence-corrected chi connectivity index (χ1v) is 11.2. The lowest BCUT2D eigenvalue weighted by molar-refractivity contribution is 0.0188. The Kier molecular flexibility index (Phi) is 6.35. The summed E-state index contributed by atoms with van der Waals surface area (Å²) in [6.45, 7) is 8.19. The van der Waals surface area contributed by atoms with Gasteiger partial charge in [-0.3, -0.25) is 0 Å². The second kappa shape index (κ2) is 9.18. The maximum absolute atomic E-state index is 14.3. The number of hydrogen-bond acceptors (Lipinski definition) is 4. The van der Waals surface area contributed by atoms with Crippen molar-refractivity contribution >= 4 is 23.1 Å². The summed E-state index contributed by atoms with van der Waals surface area (Å²) in [5.74, 6) is 0.949. The van der Waals surface area contributed by atoms with Gasteiger partial charge in [0.1, 0.15) is 11.4 Å². The van der Waals surface area contributed by atoms with Crippen molar-refractivity contribution in [3.63, 3.8) is 0 Å².